The van der Waals surface area contributed by atoms with Crippen molar-refractivity contribution in [1.29, 1.82) is 0 Å². The molecule has 0 bridgehead atoms. The minimum atomic E-state index is -0.372. The molecule has 0 aliphatic carbocycles. The third-order valence-corrected chi connectivity index (χ3v) is 5.66. The first-order valence-electron chi connectivity index (χ1n) is 7.88. The Hall–Kier alpha value is -2.05. The highest BCUT2D eigenvalue weighted by Gasteiger charge is 2.17. The van der Waals surface area contributed by atoms with Gasteiger partial charge in [0.2, 0.25) is 0 Å². The molecule has 2 heterocycles. The van der Waals surface area contributed by atoms with E-state index in [1.807, 2.05) is 31.2 Å². The molecule has 0 spiro atoms. The predicted molar refractivity (Wildman–Crippen MR) is 103 cm³/mol. The smallest absolute Gasteiger partial charge is 0.280 e. The summed E-state index contributed by atoms with van der Waals surface area (Å²) in [5.74, 6) is 0.704. The summed E-state index contributed by atoms with van der Waals surface area (Å²) in [6, 6.07) is 7.65. The Morgan fingerprint density at radius 2 is 1.80 bits per heavy atom. The molecule has 25 heavy (non-hydrogen) atoms. The van der Waals surface area contributed by atoms with Crippen LogP contribution in [-0.2, 0) is 26.3 Å². The Labute approximate surface area is 154 Å². The molecule has 1 aromatic carbocycles. The topological polar surface area (TPSA) is 56.9 Å². The van der Waals surface area contributed by atoms with E-state index < -0.39 is 0 Å². The van der Waals surface area contributed by atoms with E-state index in [1.165, 1.54) is 11.6 Å². The van der Waals surface area contributed by atoms with Crippen molar-refractivity contribution >= 4 is 34.4 Å². The second-order valence-corrected chi connectivity index (χ2v) is 7.21. The minimum Gasteiger partial charge on any atom is -0.280 e. The van der Waals surface area contributed by atoms with Gasteiger partial charge in [-0.05, 0) is 29.7 Å². The minimum absolute atomic E-state index is 0.306. The fraction of sp³-hybridized carbons (Fsp3) is 0.278. The van der Waals surface area contributed by atoms with Crippen LogP contribution in [0.1, 0.15) is 18.1 Å². The number of rotatable bonds is 4. The zero-order valence-corrected chi connectivity index (χ0v) is 15.8. The molecule has 0 saturated carbocycles. The molecule has 0 aliphatic heterocycles. The Kier molecular flexibility index (Phi) is 5.01. The molecule has 130 valence electrons. The molecule has 0 N–H and O–H groups in total. The summed E-state index contributed by atoms with van der Waals surface area (Å²) in [7, 11) is 3.13. The van der Waals surface area contributed by atoms with Crippen LogP contribution < -0.4 is 11.2 Å². The van der Waals surface area contributed by atoms with Gasteiger partial charge in [0, 0.05) is 36.0 Å². The number of hydrogen-bond donors (Lipinski definition) is 0. The van der Waals surface area contributed by atoms with E-state index in [0.29, 0.717) is 21.8 Å². The molecule has 0 atom stereocenters. The third-order valence-electron chi connectivity index (χ3n) is 4.17. The number of thioether (sulfide) groups is 1. The third kappa shape index (κ3) is 3.24. The van der Waals surface area contributed by atoms with E-state index in [1.54, 1.807) is 25.0 Å². The summed E-state index contributed by atoms with van der Waals surface area (Å²) >= 11 is 7.52. The largest absolute Gasteiger partial charge is 0.332 e. The molecule has 7 heteroatoms. The van der Waals surface area contributed by atoms with Crippen LogP contribution in [-0.4, -0.2) is 14.1 Å². The van der Waals surface area contributed by atoms with Gasteiger partial charge in [0.1, 0.15) is 5.65 Å². The standard InChI is InChI=1S/C18H18ClN3O2S/c1-4-12-9-20-16-14(17(23)22(3)18(24)21(16)2)15(12)25-10-11-5-7-13(19)8-6-11/h5-9H,4,10H2,1-3H3. The molecule has 3 rings (SSSR count). The lowest BCUT2D eigenvalue weighted by atomic mass is 10.2. The summed E-state index contributed by atoms with van der Waals surface area (Å²) in [6.45, 7) is 2.03. The van der Waals surface area contributed by atoms with E-state index >= 15 is 0 Å². The van der Waals surface area contributed by atoms with Crippen LogP contribution in [0.15, 0.2) is 44.9 Å². The average Bonchev–Trinajstić information content (AvgIpc) is 2.63. The van der Waals surface area contributed by atoms with Crippen molar-refractivity contribution in [1.82, 2.24) is 14.1 Å². The van der Waals surface area contributed by atoms with Crippen LogP contribution in [0, 0.1) is 0 Å². The number of fused-ring (bicyclic) bond motifs is 1. The van der Waals surface area contributed by atoms with E-state index in [-0.39, 0.29) is 11.2 Å². The fourth-order valence-corrected chi connectivity index (χ4v) is 4.03. The van der Waals surface area contributed by atoms with Crippen molar-refractivity contribution in [3.63, 3.8) is 0 Å². The first kappa shape index (κ1) is 17.8. The number of aromatic nitrogens is 3. The Bertz CT molecular complexity index is 1060. The van der Waals surface area contributed by atoms with E-state index in [2.05, 4.69) is 4.98 Å². The van der Waals surface area contributed by atoms with Gasteiger partial charge in [0.15, 0.2) is 0 Å². The van der Waals surface area contributed by atoms with Gasteiger partial charge in [-0.15, -0.1) is 11.8 Å². The first-order valence-corrected chi connectivity index (χ1v) is 9.25. The lowest BCUT2D eigenvalue weighted by Crippen LogP contribution is -2.37. The molecule has 0 unspecified atom stereocenters. The maximum absolute atomic E-state index is 12.7. The number of nitrogens with zero attached hydrogens (tertiary/aromatic N) is 3. The van der Waals surface area contributed by atoms with Crippen molar-refractivity contribution in [2.75, 3.05) is 0 Å². The van der Waals surface area contributed by atoms with Gasteiger partial charge in [0.25, 0.3) is 5.56 Å². The van der Waals surface area contributed by atoms with Gasteiger partial charge in [-0.3, -0.25) is 13.9 Å². The van der Waals surface area contributed by atoms with Crippen LogP contribution in [0.4, 0.5) is 0 Å². The van der Waals surface area contributed by atoms with Crippen molar-refractivity contribution in [2.24, 2.45) is 14.1 Å². The highest BCUT2D eigenvalue weighted by molar-refractivity contribution is 7.98. The number of benzene rings is 1. The number of aryl methyl sites for hydroxylation is 2. The predicted octanol–water partition coefficient (Wildman–Crippen LogP) is 3.14. The van der Waals surface area contributed by atoms with Crippen LogP contribution in [0.25, 0.3) is 11.0 Å². The maximum Gasteiger partial charge on any atom is 0.332 e. The fourth-order valence-electron chi connectivity index (χ4n) is 2.69. The summed E-state index contributed by atoms with van der Waals surface area (Å²) in [4.78, 5) is 30.1. The summed E-state index contributed by atoms with van der Waals surface area (Å²) in [6.07, 6.45) is 2.52. The molecule has 2 aromatic heterocycles. The summed E-state index contributed by atoms with van der Waals surface area (Å²) < 4.78 is 2.55. The van der Waals surface area contributed by atoms with Crippen LogP contribution in [0.3, 0.4) is 0 Å². The van der Waals surface area contributed by atoms with Gasteiger partial charge < -0.3 is 0 Å². The molecule has 5 nitrogen and oxygen atoms in total. The zero-order valence-electron chi connectivity index (χ0n) is 14.2. The van der Waals surface area contributed by atoms with Gasteiger partial charge in [0.05, 0.1) is 5.39 Å². The number of hydrogen-bond acceptors (Lipinski definition) is 4. The Morgan fingerprint density at radius 3 is 2.44 bits per heavy atom. The SMILES string of the molecule is CCc1cnc2c(c1SCc1ccc(Cl)cc1)c(=O)n(C)c(=O)n2C. The lowest BCUT2D eigenvalue weighted by Gasteiger charge is -2.13. The van der Waals surface area contributed by atoms with Crippen molar-refractivity contribution < 1.29 is 0 Å². The Morgan fingerprint density at radius 1 is 1.12 bits per heavy atom. The van der Waals surface area contributed by atoms with Crippen molar-refractivity contribution in [3.05, 3.63) is 67.4 Å². The second-order valence-electron chi connectivity index (χ2n) is 5.79. The van der Waals surface area contributed by atoms with Gasteiger partial charge in [-0.1, -0.05) is 30.7 Å². The molecule has 0 amide bonds. The molecule has 0 aliphatic rings. The molecule has 0 saturated heterocycles. The highest BCUT2D eigenvalue weighted by atomic mass is 35.5. The van der Waals surface area contributed by atoms with E-state index in [0.717, 1.165) is 27.0 Å². The maximum atomic E-state index is 12.7. The molecule has 0 fully saturated rings. The van der Waals surface area contributed by atoms with E-state index in [4.69, 9.17) is 11.6 Å². The normalized spacial score (nSPS) is 11.2. The van der Waals surface area contributed by atoms with E-state index in [9.17, 15) is 9.59 Å². The molecular weight excluding hydrogens is 358 g/mol. The monoisotopic (exact) mass is 375 g/mol. The van der Waals surface area contributed by atoms with Crippen LogP contribution in [0.5, 0.6) is 0 Å². The first-order chi connectivity index (χ1) is 11.9. The number of halogens is 1. The number of pyridine rings is 1. The van der Waals surface area contributed by atoms with Crippen LogP contribution >= 0.6 is 23.4 Å². The van der Waals surface area contributed by atoms with Gasteiger partial charge in [-0.25, -0.2) is 9.78 Å². The molecule has 0 radical (unpaired) electrons. The van der Waals surface area contributed by atoms with Crippen molar-refractivity contribution in [2.45, 2.75) is 24.0 Å². The van der Waals surface area contributed by atoms with Gasteiger partial charge >= 0.3 is 5.69 Å². The average molecular weight is 376 g/mol. The van der Waals surface area contributed by atoms with Gasteiger partial charge in [-0.2, -0.15) is 0 Å². The second kappa shape index (κ2) is 7.06. The summed E-state index contributed by atoms with van der Waals surface area (Å²) in [5, 5.41) is 1.20. The Balaban J connectivity index is 2.16. The highest BCUT2D eigenvalue weighted by Crippen LogP contribution is 2.31. The van der Waals surface area contributed by atoms with Crippen molar-refractivity contribution in [3.8, 4) is 0 Å². The van der Waals surface area contributed by atoms with Crippen LogP contribution in [0.2, 0.25) is 5.02 Å². The molecule has 3 aromatic rings. The molecular formula is C18H18ClN3O2S. The summed E-state index contributed by atoms with van der Waals surface area (Å²) in [5.41, 5.74) is 1.86. The quantitative estimate of drug-likeness (QED) is 0.657. The lowest BCUT2D eigenvalue weighted by molar-refractivity contribution is 0.705. The zero-order chi connectivity index (χ0) is 18.1.